The third-order valence-corrected chi connectivity index (χ3v) is 5.61. The first kappa shape index (κ1) is 15.6. The summed E-state index contributed by atoms with van der Waals surface area (Å²) in [7, 11) is 0. The molecule has 4 rings (SSSR count). The van der Waals surface area contributed by atoms with Gasteiger partial charge in [0.05, 0.1) is 5.69 Å². The normalized spacial score (nSPS) is 25.0. The van der Waals surface area contributed by atoms with Crippen LogP contribution in [0.1, 0.15) is 48.7 Å². The standard InChI is InChI=1S/C18H25N5O/c1-3-21-10-4-7-14(21)15-8-5-11-22(15)18(24)16-13(2)20-23-12-6-9-19-17(16)23/h6,9,12,14-15H,3-5,7-8,10-11H2,1-2H3. The van der Waals surface area contributed by atoms with Crippen molar-refractivity contribution in [3.05, 3.63) is 29.7 Å². The van der Waals surface area contributed by atoms with E-state index in [0.717, 1.165) is 38.2 Å². The van der Waals surface area contributed by atoms with Gasteiger partial charge >= 0.3 is 0 Å². The van der Waals surface area contributed by atoms with Crippen molar-refractivity contribution in [2.24, 2.45) is 0 Å². The third kappa shape index (κ3) is 2.40. The Labute approximate surface area is 142 Å². The van der Waals surface area contributed by atoms with Crippen molar-refractivity contribution in [1.82, 2.24) is 24.4 Å². The first-order chi connectivity index (χ1) is 11.7. The number of hydrogen-bond donors (Lipinski definition) is 0. The summed E-state index contributed by atoms with van der Waals surface area (Å²) in [5.41, 5.74) is 2.11. The van der Waals surface area contributed by atoms with Gasteiger partial charge in [0.15, 0.2) is 5.65 Å². The quantitative estimate of drug-likeness (QED) is 0.866. The Kier molecular flexibility index (Phi) is 4.00. The molecular formula is C18H25N5O. The molecule has 0 radical (unpaired) electrons. The second-order valence-corrected chi connectivity index (χ2v) is 6.89. The maximum atomic E-state index is 13.3. The molecule has 0 bridgehead atoms. The fraction of sp³-hybridized carbons (Fsp3) is 0.611. The molecule has 0 spiro atoms. The number of amides is 1. The number of likely N-dealkylation sites (tertiary alicyclic amines) is 2. The van der Waals surface area contributed by atoms with Crippen LogP contribution in [0.4, 0.5) is 0 Å². The van der Waals surface area contributed by atoms with Gasteiger partial charge in [-0.25, -0.2) is 9.50 Å². The van der Waals surface area contributed by atoms with E-state index in [1.54, 1.807) is 10.7 Å². The van der Waals surface area contributed by atoms with Gasteiger partial charge in [-0.1, -0.05) is 6.92 Å². The van der Waals surface area contributed by atoms with E-state index >= 15 is 0 Å². The first-order valence-electron chi connectivity index (χ1n) is 9.05. The molecule has 2 aromatic rings. The predicted molar refractivity (Wildman–Crippen MR) is 92.1 cm³/mol. The van der Waals surface area contributed by atoms with Gasteiger partial charge < -0.3 is 4.90 Å². The second kappa shape index (κ2) is 6.16. The maximum absolute atomic E-state index is 13.3. The van der Waals surface area contributed by atoms with Gasteiger partial charge in [-0.2, -0.15) is 5.10 Å². The molecule has 0 saturated carbocycles. The molecule has 2 aliphatic heterocycles. The zero-order chi connectivity index (χ0) is 16.7. The number of nitrogens with zero attached hydrogens (tertiary/aromatic N) is 5. The molecule has 6 heteroatoms. The Morgan fingerprint density at radius 1 is 1.25 bits per heavy atom. The monoisotopic (exact) mass is 327 g/mol. The SMILES string of the molecule is CCN1CCCC1C1CCCN1C(=O)c1c(C)nn2cccnc12. The fourth-order valence-electron chi connectivity index (χ4n) is 4.52. The van der Waals surface area contributed by atoms with Crippen LogP contribution in [0.15, 0.2) is 18.5 Å². The second-order valence-electron chi connectivity index (χ2n) is 6.89. The lowest BCUT2D eigenvalue weighted by Gasteiger charge is -2.34. The molecule has 6 nitrogen and oxygen atoms in total. The lowest BCUT2D eigenvalue weighted by Crippen LogP contribution is -2.48. The lowest BCUT2D eigenvalue weighted by atomic mass is 10.0. The molecular weight excluding hydrogens is 302 g/mol. The van der Waals surface area contributed by atoms with Crippen LogP contribution in [-0.2, 0) is 0 Å². The van der Waals surface area contributed by atoms with Gasteiger partial charge in [-0.05, 0) is 51.8 Å². The van der Waals surface area contributed by atoms with E-state index in [9.17, 15) is 4.79 Å². The minimum Gasteiger partial charge on any atom is -0.334 e. The summed E-state index contributed by atoms with van der Waals surface area (Å²) in [6.07, 6.45) is 8.23. The molecule has 2 unspecified atom stereocenters. The summed E-state index contributed by atoms with van der Waals surface area (Å²) in [6.45, 7) is 7.21. The van der Waals surface area contributed by atoms with Gasteiger partial charge in [0.25, 0.3) is 5.91 Å². The van der Waals surface area contributed by atoms with Crippen LogP contribution < -0.4 is 0 Å². The summed E-state index contributed by atoms with van der Waals surface area (Å²) in [4.78, 5) is 22.3. The van der Waals surface area contributed by atoms with E-state index < -0.39 is 0 Å². The molecule has 0 aromatic carbocycles. The van der Waals surface area contributed by atoms with Crippen LogP contribution in [0.5, 0.6) is 0 Å². The highest BCUT2D eigenvalue weighted by atomic mass is 16.2. The number of hydrogen-bond acceptors (Lipinski definition) is 4. The van der Waals surface area contributed by atoms with E-state index in [2.05, 4.69) is 26.8 Å². The summed E-state index contributed by atoms with van der Waals surface area (Å²) < 4.78 is 1.71. The Balaban J connectivity index is 1.66. The topological polar surface area (TPSA) is 53.7 Å². The fourth-order valence-corrected chi connectivity index (χ4v) is 4.52. The van der Waals surface area contributed by atoms with E-state index in [-0.39, 0.29) is 5.91 Å². The van der Waals surface area contributed by atoms with Crippen molar-refractivity contribution in [3.63, 3.8) is 0 Å². The summed E-state index contributed by atoms with van der Waals surface area (Å²) >= 11 is 0. The van der Waals surface area contributed by atoms with Crippen molar-refractivity contribution in [3.8, 4) is 0 Å². The third-order valence-electron chi connectivity index (χ3n) is 5.61. The van der Waals surface area contributed by atoms with E-state index in [1.165, 1.54) is 12.8 Å². The molecule has 2 aromatic heterocycles. The molecule has 0 N–H and O–H groups in total. The highest BCUT2D eigenvalue weighted by Crippen LogP contribution is 2.31. The molecule has 2 saturated heterocycles. The highest BCUT2D eigenvalue weighted by molar-refractivity contribution is 6.01. The van der Waals surface area contributed by atoms with Gasteiger partial charge in [0.1, 0.15) is 5.56 Å². The number of rotatable bonds is 3. The largest absolute Gasteiger partial charge is 0.334 e. The Hall–Kier alpha value is -1.95. The van der Waals surface area contributed by atoms with Crippen LogP contribution in [0.2, 0.25) is 0 Å². The van der Waals surface area contributed by atoms with Crippen LogP contribution in [-0.4, -0.2) is 62.0 Å². The Bertz CT molecular complexity index is 755. The van der Waals surface area contributed by atoms with Crippen molar-refractivity contribution >= 4 is 11.6 Å². The highest BCUT2D eigenvalue weighted by Gasteiger charge is 2.40. The van der Waals surface area contributed by atoms with Crippen LogP contribution in [0, 0.1) is 6.92 Å². The van der Waals surface area contributed by atoms with Crippen molar-refractivity contribution in [2.75, 3.05) is 19.6 Å². The summed E-state index contributed by atoms with van der Waals surface area (Å²) in [5, 5.41) is 4.46. The number of aryl methyl sites for hydroxylation is 1. The van der Waals surface area contributed by atoms with Crippen molar-refractivity contribution < 1.29 is 4.79 Å². The first-order valence-corrected chi connectivity index (χ1v) is 9.05. The number of aromatic nitrogens is 3. The molecule has 1 amide bonds. The van der Waals surface area contributed by atoms with Gasteiger partial charge in [0, 0.05) is 31.0 Å². The number of likely N-dealkylation sites (N-methyl/N-ethyl adjacent to an activating group) is 1. The maximum Gasteiger partial charge on any atom is 0.259 e. The van der Waals surface area contributed by atoms with Crippen LogP contribution in [0.3, 0.4) is 0 Å². The number of fused-ring (bicyclic) bond motifs is 1. The van der Waals surface area contributed by atoms with Crippen LogP contribution >= 0.6 is 0 Å². The number of carbonyl (C=O) groups is 1. The van der Waals surface area contributed by atoms with Gasteiger partial charge in [-0.15, -0.1) is 0 Å². The predicted octanol–water partition coefficient (Wildman–Crippen LogP) is 2.13. The zero-order valence-corrected chi connectivity index (χ0v) is 14.5. The minimum absolute atomic E-state index is 0.103. The van der Waals surface area contributed by atoms with Crippen LogP contribution in [0.25, 0.3) is 5.65 Å². The van der Waals surface area contributed by atoms with Gasteiger partial charge in [-0.3, -0.25) is 9.69 Å². The molecule has 2 fully saturated rings. The van der Waals surface area contributed by atoms with E-state index in [1.807, 2.05) is 19.2 Å². The summed E-state index contributed by atoms with van der Waals surface area (Å²) in [5.74, 6) is 0.103. The Morgan fingerprint density at radius 2 is 2.04 bits per heavy atom. The Morgan fingerprint density at radius 3 is 2.88 bits per heavy atom. The summed E-state index contributed by atoms with van der Waals surface area (Å²) in [6, 6.07) is 2.68. The molecule has 4 heterocycles. The molecule has 0 aliphatic carbocycles. The average Bonchev–Trinajstić information content (AvgIpc) is 3.30. The smallest absolute Gasteiger partial charge is 0.259 e. The van der Waals surface area contributed by atoms with Gasteiger partial charge in [0.2, 0.25) is 0 Å². The van der Waals surface area contributed by atoms with E-state index in [4.69, 9.17) is 0 Å². The molecule has 2 atom stereocenters. The van der Waals surface area contributed by atoms with Crippen molar-refractivity contribution in [2.45, 2.75) is 51.6 Å². The van der Waals surface area contributed by atoms with E-state index in [0.29, 0.717) is 23.3 Å². The molecule has 128 valence electrons. The number of carbonyl (C=O) groups excluding carboxylic acids is 1. The van der Waals surface area contributed by atoms with Crippen molar-refractivity contribution in [1.29, 1.82) is 0 Å². The molecule has 2 aliphatic rings. The minimum atomic E-state index is 0.103. The molecule has 24 heavy (non-hydrogen) atoms. The average molecular weight is 327 g/mol. The lowest BCUT2D eigenvalue weighted by molar-refractivity contribution is 0.0651. The zero-order valence-electron chi connectivity index (χ0n) is 14.5.